The monoisotopic (exact) mass is 255 g/mol. The van der Waals surface area contributed by atoms with E-state index in [0.29, 0.717) is 5.92 Å². The molecule has 0 aliphatic heterocycles. The van der Waals surface area contributed by atoms with Crippen molar-refractivity contribution < 1.29 is 0 Å². The molecule has 1 aliphatic rings. The highest BCUT2D eigenvalue weighted by Crippen LogP contribution is 2.37. The highest BCUT2D eigenvalue weighted by molar-refractivity contribution is 6.83. The van der Waals surface area contributed by atoms with Crippen molar-refractivity contribution in [3.63, 3.8) is 0 Å². The van der Waals surface area contributed by atoms with Crippen LogP contribution < -0.4 is 0 Å². The molecule has 94 valence electrons. The molecule has 1 aliphatic carbocycles. The summed E-state index contributed by atoms with van der Waals surface area (Å²) in [4.78, 5) is 0. The second kappa shape index (κ2) is 5.59. The zero-order valence-electron chi connectivity index (χ0n) is 11.7. The lowest BCUT2D eigenvalue weighted by Gasteiger charge is -2.07. The van der Waals surface area contributed by atoms with Crippen molar-refractivity contribution in [2.45, 2.75) is 44.8 Å². The highest BCUT2D eigenvalue weighted by atomic mass is 28.3. The average Bonchev–Trinajstić information content (AvgIpc) is 2.77. The molecule has 0 heterocycles. The lowest BCUT2D eigenvalue weighted by atomic mass is 9.98. The summed E-state index contributed by atoms with van der Waals surface area (Å²) in [7, 11) is -1.22. The molecule has 1 aromatic rings. The lowest BCUT2D eigenvalue weighted by molar-refractivity contribution is 0.730. The Morgan fingerprint density at radius 3 is 2.56 bits per heavy atom. The molecule has 0 N–H and O–H groups in total. The second-order valence-electron chi connectivity index (χ2n) is 6.17. The summed E-state index contributed by atoms with van der Waals surface area (Å²) in [5, 5.41) is 0. The molecule has 1 fully saturated rings. The van der Waals surface area contributed by atoms with Crippen molar-refractivity contribution in [2.75, 3.05) is 0 Å². The second-order valence-corrected chi connectivity index (χ2v) is 10.9. The van der Waals surface area contributed by atoms with E-state index in [0.717, 1.165) is 0 Å². The van der Waals surface area contributed by atoms with Gasteiger partial charge >= 0.3 is 0 Å². The van der Waals surface area contributed by atoms with E-state index in [-0.39, 0.29) is 0 Å². The maximum Gasteiger partial charge on any atom is 0.129 e. The molecule has 18 heavy (non-hydrogen) atoms. The first-order valence-corrected chi connectivity index (χ1v) is 10.3. The van der Waals surface area contributed by atoms with Gasteiger partial charge in [-0.2, -0.15) is 0 Å². The molecule has 1 atom stereocenters. The molecular formula is C17H22Si. The third-order valence-electron chi connectivity index (χ3n) is 3.32. The Bertz CT molecular complexity index is 480. The maximum absolute atomic E-state index is 3.42. The predicted octanol–water partition coefficient (Wildman–Crippen LogP) is 4.76. The topological polar surface area (TPSA) is 0 Å². The fraction of sp³-hybridized carbons (Fsp3) is 0.412. The number of allylic oxidation sites excluding steroid dienone is 2. The summed E-state index contributed by atoms with van der Waals surface area (Å²) in [5.41, 5.74) is 6.44. The number of rotatable bonds is 1. The van der Waals surface area contributed by atoms with Gasteiger partial charge in [0.15, 0.2) is 0 Å². The van der Waals surface area contributed by atoms with E-state index in [1.807, 2.05) is 0 Å². The van der Waals surface area contributed by atoms with E-state index in [9.17, 15) is 0 Å². The van der Waals surface area contributed by atoms with Crippen molar-refractivity contribution in [1.29, 1.82) is 0 Å². The van der Waals surface area contributed by atoms with Gasteiger partial charge in [0.25, 0.3) is 0 Å². The summed E-state index contributed by atoms with van der Waals surface area (Å²) in [6.07, 6.45) is 5.88. The summed E-state index contributed by atoms with van der Waals surface area (Å²) in [5.74, 6) is 4.00. The average molecular weight is 255 g/mol. The SMILES string of the molecule is C[Si](C)(C)C#C/[13CH]=C1/CCC(c2ccccc2)C1. The minimum absolute atomic E-state index is 0.714. The summed E-state index contributed by atoms with van der Waals surface area (Å²) < 4.78 is 0. The van der Waals surface area contributed by atoms with Gasteiger partial charge in [0.05, 0.1) is 0 Å². The van der Waals surface area contributed by atoms with E-state index in [2.05, 4.69) is 67.5 Å². The van der Waals surface area contributed by atoms with Crippen LogP contribution in [0.15, 0.2) is 42.0 Å². The Kier molecular flexibility index (Phi) is 4.09. The Balaban J connectivity index is 2.00. The fourth-order valence-corrected chi connectivity index (χ4v) is 2.88. The number of benzene rings is 1. The zero-order valence-corrected chi connectivity index (χ0v) is 12.7. The van der Waals surface area contributed by atoms with Gasteiger partial charge in [-0.1, -0.05) is 61.5 Å². The van der Waals surface area contributed by atoms with E-state index in [1.54, 1.807) is 0 Å². The summed E-state index contributed by atoms with van der Waals surface area (Å²) >= 11 is 0. The van der Waals surface area contributed by atoms with Crippen molar-refractivity contribution in [1.82, 2.24) is 0 Å². The molecule has 1 aromatic carbocycles. The first-order chi connectivity index (χ1) is 8.54. The van der Waals surface area contributed by atoms with Gasteiger partial charge in [-0.25, -0.2) is 0 Å². The van der Waals surface area contributed by atoms with Crippen LogP contribution in [0.25, 0.3) is 0 Å². The van der Waals surface area contributed by atoms with Crippen LogP contribution in [0.4, 0.5) is 0 Å². The molecule has 0 aromatic heterocycles. The zero-order chi connectivity index (χ0) is 13.0. The normalized spacial score (nSPS) is 21.7. The first kappa shape index (κ1) is 13.2. The first-order valence-electron chi connectivity index (χ1n) is 6.80. The molecule has 0 amide bonds. The van der Waals surface area contributed by atoms with Crippen molar-refractivity contribution in [2.24, 2.45) is 0 Å². The van der Waals surface area contributed by atoms with Crippen molar-refractivity contribution in [3.05, 3.63) is 47.5 Å². The molecule has 0 bridgehead atoms. The van der Waals surface area contributed by atoms with Gasteiger partial charge < -0.3 is 0 Å². The number of hydrogen-bond acceptors (Lipinski definition) is 0. The Labute approximate surface area is 112 Å². The van der Waals surface area contributed by atoms with Crippen LogP contribution in [-0.4, -0.2) is 8.07 Å². The van der Waals surface area contributed by atoms with E-state index in [1.165, 1.54) is 30.4 Å². The van der Waals surface area contributed by atoms with Gasteiger partial charge in [-0.05, 0) is 36.8 Å². The van der Waals surface area contributed by atoms with Crippen LogP contribution in [0.2, 0.25) is 19.6 Å². The Morgan fingerprint density at radius 1 is 1.17 bits per heavy atom. The minimum atomic E-state index is -1.22. The van der Waals surface area contributed by atoms with Gasteiger partial charge in [-0.15, -0.1) is 5.54 Å². The standard InChI is InChI=1S/C17H22Si/c1-18(2,3)13-7-8-15-11-12-17(14-15)16-9-5-4-6-10-16/h4-6,8-10,17H,11-12,14H2,1-3H3/b15-8-/i8+1. The van der Waals surface area contributed by atoms with Crippen LogP contribution in [0.1, 0.15) is 30.7 Å². The van der Waals surface area contributed by atoms with Gasteiger partial charge in [-0.3, -0.25) is 0 Å². The molecule has 0 saturated heterocycles. The maximum atomic E-state index is 3.42. The summed E-state index contributed by atoms with van der Waals surface area (Å²) in [6.45, 7) is 6.87. The lowest BCUT2D eigenvalue weighted by Crippen LogP contribution is -2.16. The van der Waals surface area contributed by atoms with E-state index >= 15 is 0 Å². The molecule has 0 spiro atoms. The van der Waals surface area contributed by atoms with Crippen molar-refractivity contribution >= 4 is 8.07 Å². The van der Waals surface area contributed by atoms with Gasteiger partial charge in [0, 0.05) is 0 Å². The highest BCUT2D eigenvalue weighted by Gasteiger charge is 2.20. The van der Waals surface area contributed by atoms with E-state index in [4.69, 9.17) is 0 Å². The van der Waals surface area contributed by atoms with Gasteiger partial charge in [0.2, 0.25) is 0 Å². The molecule has 0 nitrogen and oxygen atoms in total. The van der Waals surface area contributed by atoms with Crippen LogP contribution in [-0.2, 0) is 0 Å². The fourth-order valence-electron chi connectivity index (χ4n) is 2.38. The molecule has 1 unspecified atom stereocenters. The van der Waals surface area contributed by atoms with Crippen molar-refractivity contribution in [3.8, 4) is 11.5 Å². The smallest absolute Gasteiger partial charge is 0.127 e. The predicted molar refractivity (Wildman–Crippen MR) is 82.2 cm³/mol. The third kappa shape index (κ3) is 3.89. The van der Waals surface area contributed by atoms with Crippen LogP contribution >= 0.6 is 0 Å². The Hall–Kier alpha value is -1.26. The largest absolute Gasteiger partial charge is 0.129 e. The summed E-state index contributed by atoms with van der Waals surface area (Å²) in [6, 6.07) is 10.9. The number of hydrogen-bond donors (Lipinski definition) is 0. The Morgan fingerprint density at radius 2 is 1.89 bits per heavy atom. The molecule has 1 saturated carbocycles. The van der Waals surface area contributed by atoms with Gasteiger partial charge in [0.1, 0.15) is 8.07 Å². The molecule has 2 rings (SSSR count). The minimum Gasteiger partial charge on any atom is -0.127 e. The quantitative estimate of drug-likeness (QED) is 0.385. The molecule has 0 radical (unpaired) electrons. The molecular weight excluding hydrogens is 233 g/mol. The van der Waals surface area contributed by atoms with E-state index < -0.39 is 8.07 Å². The molecule has 1 heteroatoms. The van der Waals surface area contributed by atoms with Crippen LogP contribution in [0.3, 0.4) is 0 Å². The third-order valence-corrected chi connectivity index (χ3v) is 4.21. The van der Waals surface area contributed by atoms with Crippen LogP contribution in [0, 0.1) is 11.5 Å². The van der Waals surface area contributed by atoms with Crippen LogP contribution in [0.5, 0.6) is 0 Å².